The molecule has 0 fully saturated rings. The molecule has 0 aliphatic heterocycles. The molecular weight excluding hydrogens is 322 g/mol. The smallest absolute Gasteiger partial charge is 0.407 e. The Kier molecular flexibility index (Phi) is 6.43. The van der Waals surface area contributed by atoms with E-state index in [2.05, 4.69) is 10.3 Å². The van der Waals surface area contributed by atoms with Crippen LogP contribution in [0.4, 0.5) is 10.5 Å². The lowest BCUT2D eigenvalue weighted by Gasteiger charge is -2.22. The topological polar surface area (TPSA) is 144 Å². The molecule has 134 valence electrons. The fourth-order valence-corrected chi connectivity index (χ4v) is 1.76. The van der Waals surface area contributed by atoms with Crippen molar-refractivity contribution in [3.8, 4) is 5.88 Å². The van der Waals surface area contributed by atoms with Crippen molar-refractivity contribution in [2.45, 2.75) is 38.6 Å². The van der Waals surface area contributed by atoms with Crippen molar-refractivity contribution in [1.29, 1.82) is 0 Å². The Balaban J connectivity index is 2.81. The third-order valence-corrected chi connectivity index (χ3v) is 2.81. The summed E-state index contributed by atoms with van der Waals surface area (Å²) in [6.45, 7) is 4.70. The molecule has 0 radical (unpaired) electrons. The number of aliphatic hydroxyl groups is 2. The number of aliphatic hydroxyl groups excluding tert-OH is 2. The molecule has 1 heterocycles. The second-order valence-corrected chi connectivity index (χ2v) is 5.94. The molecule has 0 spiro atoms. The van der Waals surface area contributed by atoms with Gasteiger partial charge in [0.15, 0.2) is 0 Å². The highest BCUT2D eigenvalue weighted by Gasteiger charge is 2.26. The Morgan fingerprint density at radius 2 is 2.08 bits per heavy atom. The molecule has 10 heteroatoms. The number of alkyl carbamates (subject to hydrolysis) is 1. The Morgan fingerprint density at radius 3 is 2.58 bits per heavy atom. The first-order chi connectivity index (χ1) is 11.0. The molecule has 1 aromatic heterocycles. The van der Waals surface area contributed by atoms with Gasteiger partial charge in [-0.2, -0.15) is 0 Å². The van der Waals surface area contributed by atoms with Crippen LogP contribution in [0.25, 0.3) is 0 Å². The average Bonchev–Trinajstić information content (AvgIpc) is 2.49. The fourth-order valence-electron chi connectivity index (χ4n) is 1.76. The van der Waals surface area contributed by atoms with E-state index in [4.69, 9.17) is 9.47 Å². The molecule has 0 aromatic carbocycles. The summed E-state index contributed by atoms with van der Waals surface area (Å²) in [5.74, 6) is -0.0654. The highest BCUT2D eigenvalue weighted by molar-refractivity contribution is 5.67. The molecule has 2 unspecified atom stereocenters. The summed E-state index contributed by atoms with van der Waals surface area (Å²) < 4.78 is 9.93. The van der Waals surface area contributed by atoms with E-state index in [1.165, 1.54) is 7.11 Å². The summed E-state index contributed by atoms with van der Waals surface area (Å²) in [6.07, 6.45) is -2.80. The van der Waals surface area contributed by atoms with Crippen molar-refractivity contribution in [3.63, 3.8) is 0 Å². The molecule has 0 aliphatic carbocycles. The fraction of sp³-hybridized carbons (Fsp3) is 0.571. The van der Waals surface area contributed by atoms with Gasteiger partial charge in [0.2, 0.25) is 5.88 Å². The maximum Gasteiger partial charge on any atom is 0.407 e. The van der Waals surface area contributed by atoms with Gasteiger partial charge in [-0.05, 0) is 20.8 Å². The van der Waals surface area contributed by atoms with Gasteiger partial charge in [0.05, 0.1) is 17.6 Å². The third-order valence-electron chi connectivity index (χ3n) is 2.81. The van der Waals surface area contributed by atoms with E-state index in [1.54, 1.807) is 20.8 Å². The lowest BCUT2D eigenvalue weighted by atomic mass is 10.1. The number of carbonyl (C=O) groups excluding carboxylic acids is 1. The number of nitrogens with zero attached hydrogens (tertiary/aromatic N) is 2. The summed E-state index contributed by atoms with van der Waals surface area (Å²) in [5, 5.41) is 33.3. The Morgan fingerprint density at radius 1 is 1.46 bits per heavy atom. The minimum Gasteiger partial charge on any atom is -0.481 e. The van der Waals surface area contributed by atoms with Crippen molar-refractivity contribution in [2.75, 3.05) is 13.7 Å². The SMILES string of the molecule is COc1ncc([N+](=O)[O-])cc1C(O)C(O)CNC(=O)OC(C)(C)C. The highest BCUT2D eigenvalue weighted by Crippen LogP contribution is 2.28. The average molecular weight is 343 g/mol. The maximum absolute atomic E-state index is 11.5. The van der Waals surface area contributed by atoms with Gasteiger partial charge in [-0.25, -0.2) is 9.78 Å². The lowest BCUT2D eigenvalue weighted by Crippen LogP contribution is -2.39. The van der Waals surface area contributed by atoms with Gasteiger partial charge in [-0.15, -0.1) is 0 Å². The number of pyridine rings is 1. The first-order valence-electron chi connectivity index (χ1n) is 7.06. The van der Waals surface area contributed by atoms with E-state index in [0.717, 1.165) is 12.3 Å². The third kappa shape index (κ3) is 5.63. The molecule has 0 bridgehead atoms. The normalized spacial score (nSPS) is 13.8. The molecule has 0 saturated carbocycles. The molecule has 0 saturated heterocycles. The van der Waals surface area contributed by atoms with Gasteiger partial charge in [-0.3, -0.25) is 10.1 Å². The minimum atomic E-state index is -1.55. The maximum atomic E-state index is 11.5. The van der Waals surface area contributed by atoms with Crippen molar-refractivity contribution >= 4 is 11.8 Å². The van der Waals surface area contributed by atoms with Crippen LogP contribution in [-0.2, 0) is 4.74 Å². The summed E-state index contributed by atoms with van der Waals surface area (Å²) in [4.78, 5) is 25.4. The molecule has 10 nitrogen and oxygen atoms in total. The van der Waals surface area contributed by atoms with Gasteiger partial charge in [0.1, 0.15) is 24.0 Å². The molecule has 1 rings (SSSR count). The Bertz CT molecular complexity index is 601. The molecule has 2 atom stereocenters. The number of nitrogens with one attached hydrogen (secondary N) is 1. The summed E-state index contributed by atoms with van der Waals surface area (Å²) in [6, 6.07) is 1.05. The number of nitro groups is 1. The van der Waals surface area contributed by atoms with Gasteiger partial charge in [-0.1, -0.05) is 0 Å². The van der Waals surface area contributed by atoms with Crippen molar-refractivity contribution in [1.82, 2.24) is 10.3 Å². The van der Waals surface area contributed by atoms with Gasteiger partial charge >= 0.3 is 6.09 Å². The molecule has 1 aromatic rings. The van der Waals surface area contributed by atoms with Crippen molar-refractivity contribution in [2.24, 2.45) is 0 Å². The van der Waals surface area contributed by atoms with E-state index in [-0.39, 0.29) is 23.7 Å². The predicted molar refractivity (Wildman–Crippen MR) is 82.6 cm³/mol. The largest absolute Gasteiger partial charge is 0.481 e. The zero-order valence-corrected chi connectivity index (χ0v) is 13.8. The van der Waals surface area contributed by atoms with Crippen molar-refractivity contribution in [3.05, 3.63) is 27.9 Å². The van der Waals surface area contributed by atoms with Crippen LogP contribution in [0.5, 0.6) is 5.88 Å². The molecule has 0 aliphatic rings. The number of rotatable bonds is 6. The molecule has 3 N–H and O–H groups in total. The Labute approximate surface area is 138 Å². The van der Waals surface area contributed by atoms with Crippen LogP contribution in [0.1, 0.15) is 32.4 Å². The first-order valence-corrected chi connectivity index (χ1v) is 7.06. The van der Waals surface area contributed by atoms with E-state index in [9.17, 15) is 25.1 Å². The lowest BCUT2D eigenvalue weighted by molar-refractivity contribution is -0.385. The first kappa shape index (κ1) is 19.6. The number of methoxy groups -OCH3 is 1. The second kappa shape index (κ2) is 7.88. The number of hydrogen-bond acceptors (Lipinski definition) is 8. The summed E-state index contributed by atoms with van der Waals surface area (Å²) in [7, 11) is 1.27. The van der Waals surface area contributed by atoms with E-state index < -0.39 is 28.8 Å². The van der Waals surface area contributed by atoms with Crippen molar-refractivity contribution < 1.29 is 29.4 Å². The van der Waals surface area contributed by atoms with E-state index in [1.807, 2.05) is 0 Å². The van der Waals surface area contributed by atoms with E-state index >= 15 is 0 Å². The number of hydrogen-bond donors (Lipinski definition) is 3. The van der Waals surface area contributed by atoms with Gasteiger partial charge in [0.25, 0.3) is 5.69 Å². The van der Waals surface area contributed by atoms with Crippen LogP contribution in [0, 0.1) is 10.1 Å². The minimum absolute atomic E-state index is 0.0646. The zero-order chi connectivity index (χ0) is 18.5. The number of amides is 1. The number of carbonyl (C=O) groups is 1. The van der Waals surface area contributed by atoms with Gasteiger partial charge in [0, 0.05) is 12.6 Å². The van der Waals surface area contributed by atoms with Crippen LogP contribution in [-0.4, -0.2) is 51.6 Å². The molecular formula is C14H21N3O7. The highest BCUT2D eigenvalue weighted by atomic mass is 16.6. The summed E-state index contributed by atoms with van der Waals surface area (Å²) in [5.41, 5.74) is -1.14. The second-order valence-electron chi connectivity index (χ2n) is 5.94. The Hall–Kier alpha value is -2.46. The quantitative estimate of drug-likeness (QED) is 0.511. The van der Waals surface area contributed by atoms with E-state index in [0.29, 0.717) is 0 Å². The van der Waals surface area contributed by atoms with Crippen LogP contribution in [0.3, 0.4) is 0 Å². The summed E-state index contributed by atoms with van der Waals surface area (Å²) >= 11 is 0. The predicted octanol–water partition coefficient (Wildman–Crippen LogP) is 0.917. The molecule has 1 amide bonds. The molecule has 24 heavy (non-hydrogen) atoms. The van der Waals surface area contributed by atoms with Crippen LogP contribution in [0.15, 0.2) is 12.3 Å². The standard InChI is InChI=1S/C14H21N3O7/c1-14(2,3)24-13(20)16-7-10(18)11(19)9-5-8(17(21)22)6-15-12(9)23-4/h5-6,10-11,18-19H,7H2,1-4H3,(H,16,20). The zero-order valence-electron chi connectivity index (χ0n) is 13.8. The van der Waals surface area contributed by atoms with Crippen LogP contribution < -0.4 is 10.1 Å². The van der Waals surface area contributed by atoms with Crippen LogP contribution in [0.2, 0.25) is 0 Å². The monoisotopic (exact) mass is 343 g/mol. The van der Waals surface area contributed by atoms with Gasteiger partial charge < -0.3 is 25.0 Å². The number of aromatic nitrogens is 1. The number of ether oxygens (including phenoxy) is 2. The van der Waals surface area contributed by atoms with Crippen LogP contribution >= 0.6 is 0 Å².